The van der Waals surface area contributed by atoms with Crippen LogP contribution in [0, 0.1) is 6.92 Å². The molecule has 1 aromatic carbocycles. The first-order valence-corrected chi connectivity index (χ1v) is 14.1. The van der Waals surface area contributed by atoms with E-state index in [1.54, 1.807) is 20.8 Å². The van der Waals surface area contributed by atoms with Crippen molar-refractivity contribution in [2.45, 2.75) is 46.0 Å². The Balaban J connectivity index is 1.68. The molecule has 0 saturated carbocycles. The van der Waals surface area contributed by atoms with Crippen molar-refractivity contribution in [1.29, 1.82) is 0 Å². The fourth-order valence-corrected chi connectivity index (χ4v) is 5.45. The number of carbonyl (C=O) groups excluding carboxylic acids is 3. The molecule has 0 aliphatic rings. The van der Waals surface area contributed by atoms with Gasteiger partial charge in [0.25, 0.3) is 0 Å². The van der Waals surface area contributed by atoms with Crippen LogP contribution in [0.5, 0.6) is 5.75 Å². The van der Waals surface area contributed by atoms with Crippen LogP contribution < -0.4 is 10.1 Å². The number of carbonyl (C=O) groups is 3. The summed E-state index contributed by atoms with van der Waals surface area (Å²) in [5.41, 5.74) is 0.559. The smallest absolute Gasteiger partial charge is 0.348 e. The molecule has 0 saturated heterocycles. The summed E-state index contributed by atoms with van der Waals surface area (Å²) >= 11 is 5.58. The topological polar surface area (TPSA) is 122 Å². The van der Waals surface area contributed by atoms with Gasteiger partial charge in [-0.15, -0.1) is 21.5 Å². The third-order valence-electron chi connectivity index (χ3n) is 4.96. The average molecular weight is 612 g/mol. The van der Waals surface area contributed by atoms with Crippen molar-refractivity contribution in [3.8, 4) is 5.75 Å². The largest absolute Gasteiger partial charge is 0.486 e. The lowest BCUT2D eigenvalue weighted by atomic mass is 10.1. The summed E-state index contributed by atoms with van der Waals surface area (Å²) in [7, 11) is 0. The third kappa shape index (κ3) is 7.33. The minimum Gasteiger partial charge on any atom is -0.486 e. The van der Waals surface area contributed by atoms with Gasteiger partial charge in [0.05, 0.1) is 24.5 Å². The second kappa shape index (κ2) is 13.6. The van der Waals surface area contributed by atoms with Gasteiger partial charge in [0.15, 0.2) is 11.0 Å². The molecule has 10 nitrogen and oxygen atoms in total. The highest BCUT2D eigenvalue weighted by molar-refractivity contribution is 9.10. The van der Waals surface area contributed by atoms with E-state index in [2.05, 4.69) is 31.4 Å². The van der Waals surface area contributed by atoms with Crippen molar-refractivity contribution in [1.82, 2.24) is 14.8 Å². The van der Waals surface area contributed by atoms with Crippen molar-refractivity contribution >= 4 is 61.9 Å². The minimum absolute atomic E-state index is 0.0135. The maximum Gasteiger partial charge on any atom is 0.348 e. The van der Waals surface area contributed by atoms with Crippen molar-refractivity contribution < 1.29 is 28.6 Å². The maximum atomic E-state index is 12.8. The molecule has 0 unspecified atom stereocenters. The summed E-state index contributed by atoms with van der Waals surface area (Å²) in [6.07, 6.45) is 0. The number of thioether (sulfide) groups is 1. The van der Waals surface area contributed by atoms with Crippen molar-refractivity contribution in [2.75, 3.05) is 24.3 Å². The molecule has 37 heavy (non-hydrogen) atoms. The number of anilines is 1. The number of nitrogens with one attached hydrogen (secondary N) is 1. The van der Waals surface area contributed by atoms with Gasteiger partial charge in [-0.2, -0.15) is 0 Å². The molecule has 0 spiro atoms. The standard InChI is InChI=1S/C24H27BrN4O6S2/c1-5-29-17(12-35-16-10-8-15(25)9-11-16)27-28-24(29)36-13-18(30)26-21-19(22(31)33-6-2)14(4)20(37-21)23(32)34-7-3/h8-11H,5-7,12-13H2,1-4H3,(H,26,30). The number of rotatable bonds is 12. The van der Waals surface area contributed by atoms with Gasteiger partial charge in [-0.05, 0) is 57.5 Å². The van der Waals surface area contributed by atoms with E-state index in [1.807, 2.05) is 35.8 Å². The molecule has 2 heterocycles. The van der Waals surface area contributed by atoms with Crippen molar-refractivity contribution in [3.05, 3.63) is 50.6 Å². The highest BCUT2D eigenvalue weighted by atomic mass is 79.9. The first kappa shape index (κ1) is 28.7. The molecular formula is C24H27BrN4O6S2. The number of nitrogens with zero attached hydrogens (tertiary/aromatic N) is 3. The molecule has 2 aromatic heterocycles. The van der Waals surface area contributed by atoms with E-state index in [4.69, 9.17) is 14.2 Å². The molecule has 0 atom stereocenters. The van der Waals surface area contributed by atoms with Gasteiger partial charge in [0.1, 0.15) is 22.2 Å². The molecule has 0 aliphatic heterocycles. The summed E-state index contributed by atoms with van der Waals surface area (Å²) in [4.78, 5) is 37.9. The zero-order valence-corrected chi connectivity index (χ0v) is 24.0. The van der Waals surface area contributed by atoms with Gasteiger partial charge >= 0.3 is 11.9 Å². The minimum atomic E-state index is -0.615. The number of ether oxygens (including phenoxy) is 3. The van der Waals surface area contributed by atoms with Crippen LogP contribution in [0.15, 0.2) is 33.9 Å². The predicted molar refractivity (Wildman–Crippen MR) is 144 cm³/mol. The van der Waals surface area contributed by atoms with Crippen LogP contribution in [-0.2, 0) is 27.4 Å². The Labute approximate surface area is 231 Å². The second-order valence-electron chi connectivity index (χ2n) is 7.42. The van der Waals surface area contributed by atoms with E-state index in [-0.39, 0.29) is 46.9 Å². The van der Waals surface area contributed by atoms with Crippen LogP contribution >= 0.6 is 39.0 Å². The molecule has 0 fully saturated rings. The Morgan fingerprint density at radius 1 is 1.05 bits per heavy atom. The van der Waals surface area contributed by atoms with E-state index in [0.717, 1.165) is 15.8 Å². The quantitative estimate of drug-likeness (QED) is 0.220. The normalized spacial score (nSPS) is 10.7. The molecule has 1 N–H and O–H groups in total. The number of thiophene rings is 1. The number of halogens is 1. The van der Waals surface area contributed by atoms with Crippen LogP contribution in [0.2, 0.25) is 0 Å². The number of benzene rings is 1. The van der Waals surface area contributed by atoms with E-state index >= 15 is 0 Å². The van der Waals surface area contributed by atoms with Crippen molar-refractivity contribution in [2.24, 2.45) is 0 Å². The summed E-state index contributed by atoms with van der Waals surface area (Å²) < 4.78 is 18.8. The Morgan fingerprint density at radius 2 is 1.73 bits per heavy atom. The fraction of sp³-hybridized carbons (Fsp3) is 0.375. The summed E-state index contributed by atoms with van der Waals surface area (Å²) in [5.74, 6) is -0.195. The summed E-state index contributed by atoms with van der Waals surface area (Å²) in [5, 5.41) is 11.9. The highest BCUT2D eigenvalue weighted by Gasteiger charge is 2.27. The fourth-order valence-electron chi connectivity index (χ4n) is 3.26. The molecule has 1 amide bonds. The number of hydrogen-bond donors (Lipinski definition) is 1. The Hall–Kier alpha value is -2.90. The summed E-state index contributed by atoms with van der Waals surface area (Å²) in [6, 6.07) is 7.47. The van der Waals surface area contributed by atoms with Gasteiger partial charge in [-0.1, -0.05) is 27.7 Å². The Kier molecular flexibility index (Phi) is 10.5. The van der Waals surface area contributed by atoms with Crippen LogP contribution in [-0.4, -0.2) is 51.6 Å². The van der Waals surface area contributed by atoms with Gasteiger partial charge in [-0.3, -0.25) is 4.79 Å². The Bertz CT molecular complexity index is 1260. The first-order valence-electron chi connectivity index (χ1n) is 11.5. The third-order valence-corrected chi connectivity index (χ3v) is 7.65. The lowest BCUT2D eigenvalue weighted by Gasteiger charge is -2.09. The zero-order chi connectivity index (χ0) is 26.9. The molecule has 3 rings (SSSR count). The van der Waals surface area contributed by atoms with Gasteiger partial charge < -0.3 is 24.1 Å². The second-order valence-corrected chi connectivity index (χ2v) is 10.3. The van der Waals surface area contributed by atoms with E-state index in [1.165, 1.54) is 11.8 Å². The lowest BCUT2D eigenvalue weighted by molar-refractivity contribution is -0.113. The van der Waals surface area contributed by atoms with E-state index in [0.29, 0.717) is 28.8 Å². The first-order chi connectivity index (χ1) is 17.8. The lowest BCUT2D eigenvalue weighted by Crippen LogP contribution is -2.17. The molecule has 13 heteroatoms. The SMILES string of the molecule is CCOC(=O)c1sc(NC(=O)CSc2nnc(COc3ccc(Br)cc3)n2CC)c(C(=O)OCC)c1C. The Morgan fingerprint density at radius 3 is 2.38 bits per heavy atom. The average Bonchev–Trinajstić information content (AvgIpc) is 3.42. The monoisotopic (exact) mass is 610 g/mol. The molecular weight excluding hydrogens is 584 g/mol. The molecule has 3 aromatic rings. The number of hydrogen-bond acceptors (Lipinski definition) is 10. The molecule has 0 bridgehead atoms. The van der Waals surface area contributed by atoms with Gasteiger partial charge in [-0.25, -0.2) is 9.59 Å². The molecule has 0 radical (unpaired) electrons. The number of aromatic nitrogens is 3. The summed E-state index contributed by atoms with van der Waals surface area (Å²) in [6.45, 7) is 8.13. The van der Waals surface area contributed by atoms with E-state index in [9.17, 15) is 14.4 Å². The van der Waals surface area contributed by atoms with E-state index < -0.39 is 11.9 Å². The number of esters is 2. The van der Waals surface area contributed by atoms with Crippen LogP contribution in [0.3, 0.4) is 0 Å². The predicted octanol–water partition coefficient (Wildman–Crippen LogP) is 5.09. The van der Waals surface area contributed by atoms with Crippen LogP contribution in [0.25, 0.3) is 0 Å². The van der Waals surface area contributed by atoms with Gasteiger partial charge in [0, 0.05) is 11.0 Å². The van der Waals surface area contributed by atoms with Gasteiger partial charge in [0.2, 0.25) is 5.91 Å². The van der Waals surface area contributed by atoms with Crippen molar-refractivity contribution in [3.63, 3.8) is 0 Å². The zero-order valence-electron chi connectivity index (χ0n) is 20.8. The molecule has 0 aliphatic carbocycles. The van der Waals surface area contributed by atoms with Crippen LogP contribution in [0.1, 0.15) is 52.2 Å². The number of amides is 1. The molecule has 198 valence electrons. The van der Waals surface area contributed by atoms with Crippen LogP contribution in [0.4, 0.5) is 5.00 Å². The maximum absolute atomic E-state index is 12.8. The highest BCUT2D eigenvalue weighted by Crippen LogP contribution is 2.34.